The Morgan fingerprint density at radius 1 is 1.06 bits per heavy atom. The van der Waals surface area contributed by atoms with Crippen molar-refractivity contribution < 1.29 is 41.0 Å². The van der Waals surface area contributed by atoms with E-state index in [4.69, 9.17) is 9.84 Å². The van der Waals surface area contributed by atoms with Crippen LogP contribution in [0.2, 0.25) is 0 Å². The molecule has 0 bridgehead atoms. The molecule has 0 aliphatic rings. The number of carbonyl (C=O) groups is 1. The van der Waals surface area contributed by atoms with Crippen molar-refractivity contribution in [1.29, 1.82) is 0 Å². The summed E-state index contributed by atoms with van der Waals surface area (Å²) in [5.41, 5.74) is -1.42. The van der Waals surface area contributed by atoms with Crippen LogP contribution in [-0.4, -0.2) is 21.0 Å². The fourth-order valence-electron chi connectivity index (χ4n) is 3.47. The molecule has 35 heavy (non-hydrogen) atoms. The molecule has 12 heteroatoms. The first-order valence-electron chi connectivity index (χ1n) is 10.0. The van der Waals surface area contributed by atoms with Gasteiger partial charge in [0, 0.05) is 22.7 Å². The summed E-state index contributed by atoms with van der Waals surface area (Å²) in [6.07, 6.45) is -8.50. The summed E-state index contributed by atoms with van der Waals surface area (Å²) in [6, 6.07) is 6.38. The number of carboxylic acid groups (broad SMARTS) is 1. The van der Waals surface area contributed by atoms with Crippen LogP contribution in [0.25, 0.3) is 21.5 Å². The zero-order valence-corrected chi connectivity index (χ0v) is 18.7. The largest absolute Gasteiger partial charge is 0.488 e. The van der Waals surface area contributed by atoms with Gasteiger partial charge < -0.3 is 14.8 Å². The Morgan fingerprint density at radius 3 is 2.31 bits per heavy atom. The van der Waals surface area contributed by atoms with Gasteiger partial charge in [-0.3, -0.25) is 4.79 Å². The average Bonchev–Trinajstić information content (AvgIpc) is 3.33. The number of carboxylic acids is 1. The molecule has 0 radical (unpaired) electrons. The molecular formula is C23H16F6N2O3S. The van der Waals surface area contributed by atoms with Gasteiger partial charge in [0.1, 0.15) is 17.4 Å². The van der Waals surface area contributed by atoms with Crippen molar-refractivity contribution in [3.8, 4) is 16.3 Å². The van der Waals surface area contributed by atoms with Crippen LogP contribution in [0.5, 0.6) is 5.75 Å². The zero-order chi connectivity index (χ0) is 25.5. The number of nitrogens with zero attached hydrogens (tertiary/aromatic N) is 1. The maximum absolute atomic E-state index is 13.2. The van der Waals surface area contributed by atoms with Crippen LogP contribution in [0, 0.1) is 6.92 Å². The van der Waals surface area contributed by atoms with Crippen molar-refractivity contribution in [2.75, 3.05) is 0 Å². The summed E-state index contributed by atoms with van der Waals surface area (Å²) in [7, 11) is 0. The fraction of sp³-hybridized carbons (Fsp3) is 0.217. The summed E-state index contributed by atoms with van der Waals surface area (Å²) in [5, 5.41) is 9.71. The van der Waals surface area contributed by atoms with Crippen molar-refractivity contribution in [1.82, 2.24) is 9.97 Å². The minimum Gasteiger partial charge on any atom is -0.488 e. The molecule has 0 saturated carbocycles. The number of alkyl halides is 6. The number of benzene rings is 2. The number of aromatic nitrogens is 2. The minimum atomic E-state index is -4.95. The van der Waals surface area contributed by atoms with Crippen LogP contribution in [0.1, 0.15) is 27.3 Å². The molecule has 0 spiro atoms. The SMILES string of the molecule is Cc1nc(-c2cc(C(F)(F)F)cc(C(F)(F)F)c2)sc1COc1ccc2[nH]cc(CC(=O)O)c2c1. The van der Waals surface area contributed by atoms with Crippen molar-refractivity contribution in [3.63, 3.8) is 0 Å². The molecule has 0 aliphatic heterocycles. The molecule has 184 valence electrons. The molecule has 0 fully saturated rings. The van der Waals surface area contributed by atoms with Gasteiger partial charge in [0.05, 0.1) is 28.1 Å². The van der Waals surface area contributed by atoms with Gasteiger partial charge in [-0.15, -0.1) is 11.3 Å². The molecule has 2 heterocycles. The average molecular weight is 514 g/mol. The summed E-state index contributed by atoms with van der Waals surface area (Å²) in [6.45, 7) is 1.55. The topological polar surface area (TPSA) is 75.2 Å². The van der Waals surface area contributed by atoms with Gasteiger partial charge in [-0.2, -0.15) is 26.3 Å². The molecule has 0 atom stereocenters. The Kier molecular flexibility index (Phi) is 6.26. The Bertz CT molecular complexity index is 1370. The highest BCUT2D eigenvalue weighted by Gasteiger charge is 2.37. The second kappa shape index (κ2) is 8.91. The lowest BCUT2D eigenvalue weighted by molar-refractivity contribution is -0.143. The Labute approximate surface area is 198 Å². The molecule has 0 saturated heterocycles. The third kappa shape index (κ3) is 5.42. The summed E-state index contributed by atoms with van der Waals surface area (Å²) < 4.78 is 84.9. The Morgan fingerprint density at radius 2 is 1.71 bits per heavy atom. The second-order valence-electron chi connectivity index (χ2n) is 7.70. The van der Waals surface area contributed by atoms with E-state index in [2.05, 4.69) is 9.97 Å². The van der Waals surface area contributed by atoms with E-state index < -0.39 is 29.4 Å². The first-order chi connectivity index (χ1) is 16.3. The van der Waals surface area contributed by atoms with Crippen LogP contribution in [-0.2, 0) is 30.2 Å². The van der Waals surface area contributed by atoms with Gasteiger partial charge in [-0.05, 0) is 48.9 Å². The van der Waals surface area contributed by atoms with E-state index in [9.17, 15) is 31.1 Å². The summed E-state index contributed by atoms with van der Waals surface area (Å²) in [5.74, 6) is -0.579. The van der Waals surface area contributed by atoms with Gasteiger partial charge in [0.15, 0.2) is 0 Å². The highest BCUT2D eigenvalue weighted by Crippen LogP contribution is 2.40. The van der Waals surface area contributed by atoms with E-state index in [0.717, 1.165) is 16.9 Å². The molecule has 2 aromatic heterocycles. The number of ether oxygens (including phenoxy) is 1. The van der Waals surface area contributed by atoms with E-state index in [1.807, 2.05) is 0 Å². The number of aliphatic carboxylic acids is 1. The van der Waals surface area contributed by atoms with Crippen LogP contribution in [0.15, 0.2) is 42.6 Å². The molecular weight excluding hydrogens is 498 g/mol. The van der Waals surface area contributed by atoms with Crippen molar-refractivity contribution >= 4 is 28.2 Å². The second-order valence-corrected chi connectivity index (χ2v) is 8.79. The lowest BCUT2D eigenvalue weighted by Gasteiger charge is -2.13. The van der Waals surface area contributed by atoms with Crippen LogP contribution >= 0.6 is 11.3 Å². The predicted octanol–water partition coefficient (Wildman–Crippen LogP) is 6.84. The van der Waals surface area contributed by atoms with Crippen molar-refractivity contribution in [2.45, 2.75) is 32.3 Å². The number of thiazole rings is 1. The first kappa shape index (κ1) is 24.6. The molecule has 0 amide bonds. The molecule has 0 unspecified atom stereocenters. The van der Waals surface area contributed by atoms with Crippen LogP contribution in [0.4, 0.5) is 26.3 Å². The quantitative estimate of drug-likeness (QED) is 0.276. The van der Waals surface area contributed by atoms with E-state index in [1.165, 1.54) is 0 Å². The van der Waals surface area contributed by atoms with Crippen LogP contribution < -0.4 is 4.74 Å². The molecule has 2 N–H and O–H groups in total. The van der Waals surface area contributed by atoms with Crippen molar-refractivity contribution in [3.05, 3.63) is 69.9 Å². The van der Waals surface area contributed by atoms with E-state index in [0.29, 0.717) is 39.4 Å². The van der Waals surface area contributed by atoms with Gasteiger partial charge in [-0.1, -0.05) is 0 Å². The standard InChI is InChI=1S/C23H16F6N2O3S/c1-11-19(10-34-16-2-3-18-17(8-16)13(9-30-18)6-20(32)33)35-21(31-11)12-4-14(22(24,25)26)7-15(5-12)23(27,28)29/h2-5,7-9,30H,6,10H2,1H3,(H,32,33). The maximum atomic E-state index is 13.2. The smallest absolute Gasteiger partial charge is 0.416 e. The molecule has 2 aromatic carbocycles. The molecule has 5 nitrogen and oxygen atoms in total. The normalized spacial score (nSPS) is 12.3. The van der Waals surface area contributed by atoms with Crippen molar-refractivity contribution in [2.24, 2.45) is 0 Å². The molecule has 4 aromatic rings. The maximum Gasteiger partial charge on any atom is 0.416 e. The van der Waals surface area contributed by atoms with Gasteiger partial charge >= 0.3 is 18.3 Å². The number of hydrogen-bond acceptors (Lipinski definition) is 4. The molecule has 0 aliphatic carbocycles. The fourth-order valence-corrected chi connectivity index (χ4v) is 4.43. The van der Waals surface area contributed by atoms with E-state index >= 15 is 0 Å². The number of hydrogen-bond donors (Lipinski definition) is 2. The molecule has 4 rings (SSSR count). The Balaban J connectivity index is 1.61. The highest BCUT2D eigenvalue weighted by atomic mass is 32.1. The number of fused-ring (bicyclic) bond motifs is 1. The van der Waals surface area contributed by atoms with Gasteiger partial charge in [0.25, 0.3) is 0 Å². The minimum absolute atomic E-state index is 0.00234. The number of halogens is 6. The third-order valence-electron chi connectivity index (χ3n) is 5.18. The van der Waals surface area contributed by atoms with E-state index in [1.54, 1.807) is 31.3 Å². The number of aryl methyl sites for hydroxylation is 1. The first-order valence-corrected chi connectivity index (χ1v) is 10.8. The summed E-state index contributed by atoms with van der Waals surface area (Å²) in [4.78, 5) is 18.7. The monoisotopic (exact) mass is 514 g/mol. The number of aromatic amines is 1. The van der Waals surface area contributed by atoms with E-state index in [-0.39, 0.29) is 29.7 Å². The number of nitrogens with one attached hydrogen (secondary N) is 1. The van der Waals surface area contributed by atoms with Gasteiger partial charge in [0.2, 0.25) is 0 Å². The summed E-state index contributed by atoms with van der Waals surface area (Å²) >= 11 is 0.933. The van der Waals surface area contributed by atoms with Gasteiger partial charge in [-0.25, -0.2) is 4.98 Å². The zero-order valence-electron chi connectivity index (χ0n) is 17.8. The number of rotatable bonds is 6. The number of H-pyrrole nitrogens is 1. The Hall–Kier alpha value is -3.54. The van der Waals surface area contributed by atoms with Crippen LogP contribution in [0.3, 0.4) is 0 Å². The highest BCUT2D eigenvalue weighted by molar-refractivity contribution is 7.15. The predicted molar refractivity (Wildman–Crippen MR) is 116 cm³/mol. The third-order valence-corrected chi connectivity index (χ3v) is 6.36. The lowest BCUT2D eigenvalue weighted by atomic mass is 10.1. The lowest BCUT2D eigenvalue weighted by Crippen LogP contribution is -2.11.